The molecule has 0 N–H and O–H groups in total. The molecular weight excluding hydrogens is 272 g/mol. The summed E-state index contributed by atoms with van der Waals surface area (Å²) in [5.74, 6) is -0.991. The summed E-state index contributed by atoms with van der Waals surface area (Å²) < 4.78 is 26.7. The fraction of sp³-hybridized carbons (Fsp3) is 0.625. The first kappa shape index (κ1) is 16.2. The van der Waals surface area contributed by atoms with Crippen LogP contribution in [0.1, 0.15) is 13.8 Å². The van der Waals surface area contributed by atoms with Crippen LogP contribution in [-0.2, 0) is 0 Å². The second kappa shape index (κ2) is 7.18. The van der Waals surface area contributed by atoms with Crippen molar-refractivity contribution >= 4 is 5.69 Å². The zero-order valence-corrected chi connectivity index (χ0v) is 13.1. The van der Waals surface area contributed by atoms with Crippen LogP contribution < -0.4 is 4.90 Å². The largest absolute Gasteiger partial charge is 0.367 e. The quantitative estimate of drug-likeness (QED) is 0.826. The van der Waals surface area contributed by atoms with Crippen molar-refractivity contribution in [2.24, 2.45) is 0 Å². The number of benzene rings is 1. The first-order valence-corrected chi connectivity index (χ1v) is 7.60. The minimum Gasteiger partial charge on any atom is -0.367 e. The van der Waals surface area contributed by atoms with E-state index >= 15 is 0 Å². The Morgan fingerprint density at radius 2 is 1.81 bits per heavy atom. The number of nitrogens with zero attached hydrogens (tertiary/aromatic N) is 3. The molecule has 0 spiro atoms. The molecule has 0 saturated carbocycles. The van der Waals surface area contributed by atoms with Gasteiger partial charge in [0.05, 0.1) is 5.69 Å². The lowest BCUT2D eigenvalue weighted by molar-refractivity contribution is 0.195. The average Bonchev–Trinajstić information content (AvgIpc) is 2.45. The van der Waals surface area contributed by atoms with Crippen LogP contribution in [0, 0.1) is 11.6 Å². The number of hydrogen-bond acceptors (Lipinski definition) is 3. The molecule has 1 fully saturated rings. The molecule has 1 aromatic carbocycles. The molecule has 3 nitrogen and oxygen atoms in total. The molecule has 0 bridgehead atoms. The summed E-state index contributed by atoms with van der Waals surface area (Å²) in [4.78, 5) is 6.72. The van der Waals surface area contributed by atoms with Gasteiger partial charge >= 0.3 is 0 Å². The number of anilines is 1. The van der Waals surface area contributed by atoms with E-state index in [-0.39, 0.29) is 0 Å². The highest BCUT2D eigenvalue weighted by atomic mass is 19.1. The summed E-state index contributed by atoms with van der Waals surface area (Å²) in [5.41, 5.74) is 0.510. The van der Waals surface area contributed by atoms with Crippen molar-refractivity contribution in [2.75, 3.05) is 51.2 Å². The van der Waals surface area contributed by atoms with Crippen molar-refractivity contribution in [3.8, 4) is 0 Å². The van der Waals surface area contributed by atoms with Crippen molar-refractivity contribution in [1.29, 1.82) is 0 Å². The highest BCUT2D eigenvalue weighted by Gasteiger charge is 2.20. The lowest BCUT2D eigenvalue weighted by Crippen LogP contribution is -2.48. The van der Waals surface area contributed by atoms with Gasteiger partial charge in [-0.3, -0.25) is 4.90 Å². The van der Waals surface area contributed by atoms with Crippen molar-refractivity contribution in [3.63, 3.8) is 0 Å². The van der Waals surface area contributed by atoms with Gasteiger partial charge in [-0.25, -0.2) is 8.78 Å². The SMILES string of the molecule is CC(C)N(C)CCN1CCN(c2ccc(F)cc2F)CC1. The third-order valence-corrected chi connectivity index (χ3v) is 4.27. The Labute approximate surface area is 126 Å². The van der Waals surface area contributed by atoms with Crippen LogP contribution in [0.25, 0.3) is 0 Å². The maximum atomic E-state index is 13.8. The van der Waals surface area contributed by atoms with E-state index in [1.54, 1.807) is 0 Å². The molecule has 0 aliphatic carbocycles. The van der Waals surface area contributed by atoms with E-state index in [1.165, 1.54) is 12.1 Å². The standard InChI is InChI=1S/C16H25F2N3/c1-13(2)19(3)6-7-20-8-10-21(11-9-20)16-5-4-14(17)12-15(16)18/h4-5,12-13H,6-11H2,1-3H3. The van der Waals surface area contributed by atoms with E-state index in [4.69, 9.17) is 0 Å². The van der Waals surface area contributed by atoms with Crippen LogP contribution in [0.5, 0.6) is 0 Å². The van der Waals surface area contributed by atoms with Gasteiger partial charge in [-0.15, -0.1) is 0 Å². The van der Waals surface area contributed by atoms with E-state index in [2.05, 4.69) is 30.7 Å². The normalized spacial score (nSPS) is 17.0. The molecule has 1 aliphatic rings. The number of piperazine rings is 1. The number of rotatable bonds is 5. The third kappa shape index (κ3) is 4.38. The highest BCUT2D eigenvalue weighted by molar-refractivity contribution is 5.48. The second-order valence-electron chi connectivity index (χ2n) is 6.00. The molecule has 0 amide bonds. The molecule has 1 saturated heterocycles. The molecule has 5 heteroatoms. The molecule has 0 aromatic heterocycles. The Hall–Kier alpha value is -1.20. The highest BCUT2D eigenvalue weighted by Crippen LogP contribution is 2.21. The van der Waals surface area contributed by atoms with Gasteiger partial charge < -0.3 is 9.80 Å². The minimum absolute atomic E-state index is 0.469. The Balaban J connectivity index is 1.83. The zero-order valence-electron chi connectivity index (χ0n) is 13.1. The predicted molar refractivity (Wildman–Crippen MR) is 82.8 cm³/mol. The molecule has 1 aromatic rings. The smallest absolute Gasteiger partial charge is 0.149 e. The molecule has 21 heavy (non-hydrogen) atoms. The van der Waals surface area contributed by atoms with Crippen LogP contribution in [0.2, 0.25) is 0 Å². The van der Waals surface area contributed by atoms with Crippen molar-refractivity contribution in [3.05, 3.63) is 29.8 Å². The van der Waals surface area contributed by atoms with Crippen LogP contribution >= 0.6 is 0 Å². The van der Waals surface area contributed by atoms with E-state index in [0.717, 1.165) is 45.3 Å². The Morgan fingerprint density at radius 1 is 1.14 bits per heavy atom. The summed E-state index contributed by atoms with van der Waals surface area (Å²) >= 11 is 0. The molecule has 0 atom stereocenters. The lowest BCUT2D eigenvalue weighted by Gasteiger charge is -2.37. The van der Waals surface area contributed by atoms with E-state index in [0.29, 0.717) is 11.7 Å². The van der Waals surface area contributed by atoms with Crippen molar-refractivity contribution < 1.29 is 8.78 Å². The predicted octanol–water partition coefficient (Wildman–Crippen LogP) is 2.43. The monoisotopic (exact) mass is 297 g/mol. The van der Waals surface area contributed by atoms with Gasteiger partial charge in [0.25, 0.3) is 0 Å². The maximum absolute atomic E-state index is 13.8. The van der Waals surface area contributed by atoms with Crippen LogP contribution in [0.15, 0.2) is 18.2 Å². The van der Waals surface area contributed by atoms with E-state index in [1.807, 2.05) is 4.90 Å². The third-order valence-electron chi connectivity index (χ3n) is 4.27. The summed E-state index contributed by atoms with van der Waals surface area (Å²) in [6, 6.07) is 4.37. The van der Waals surface area contributed by atoms with Gasteiger partial charge in [0.1, 0.15) is 11.6 Å². The summed E-state index contributed by atoms with van der Waals surface area (Å²) in [6.07, 6.45) is 0. The first-order valence-electron chi connectivity index (χ1n) is 7.60. The van der Waals surface area contributed by atoms with Crippen molar-refractivity contribution in [1.82, 2.24) is 9.80 Å². The Kier molecular flexibility index (Phi) is 5.53. The second-order valence-corrected chi connectivity index (χ2v) is 6.00. The van der Waals surface area contributed by atoms with Crippen molar-refractivity contribution in [2.45, 2.75) is 19.9 Å². The van der Waals surface area contributed by atoms with Gasteiger partial charge in [-0.2, -0.15) is 0 Å². The first-order chi connectivity index (χ1) is 9.97. The summed E-state index contributed by atoms with van der Waals surface area (Å²) in [7, 11) is 2.13. The fourth-order valence-corrected chi connectivity index (χ4v) is 2.51. The van der Waals surface area contributed by atoms with Gasteiger partial charge in [-0.05, 0) is 33.0 Å². The van der Waals surface area contributed by atoms with Gasteiger partial charge in [0, 0.05) is 51.4 Å². The molecular formula is C16H25F2N3. The van der Waals surface area contributed by atoms with Crippen LogP contribution in [-0.4, -0.2) is 62.2 Å². The van der Waals surface area contributed by atoms with E-state index < -0.39 is 11.6 Å². The Bertz CT molecular complexity index is 457. The Morgan fingerprint density at radius 3 is 2.38 bits per heavy atom. The molecule has 1 aliphatic heterocycles. The van der Waals surface area contributed by atoms with E-state index in [9.17, 15) is 8.78 Å². The molecule has 118 valence electrons. The summed E-state index contributed by atoms with van der Waals surface area (Å²) in [6.45, 7) is 9.87. The maximum Gasteiger partial charge on any atom is 0.149 e. The number of likely N-dealkylation sites (N-methyl/N-ethyl adjacent to an activating group) is 1. The average molecular weight is 297 g/mol. The van der Waals surface area contributed by atoms with Gasteiger partial charge in [0.15, 0.2) is 0 Å². The fourth-order valence-electron chi connectivity index (χ4n) is 2.51. The topological polar surface area (TPSA) is 9.72 Å². The van der Waals surface area contributed by atoms with Gasteiger partial charge in [0.2, 0.25) is 0 Å². The summed E-state index contributed by atoms with van der Waals surface area (Å²) in [5, 5.41) is 0. The zero-order chi connectivity index (χ0) is 15.4. The van der Waals surface area contributed by atoms with Crippen LogP contribution in [0.4, 0.5) is 14.5 Å². The number of halogens is 2. The lowest BCUT2D eigenvalue weighted by atomic mass is 10.2. The minimum atomic E-state index is -0.522. The molecule has 2 rings (SSSR count). The number of hydrogen-bond donors (Lipinski definition) is 0. The van der Waals surface area contributed by atoms with Crippen LogP contribution in [0.3, 0.4) is 0 Å². The van der Waals surface area contributed by atoms with Gasteiger partial charge in [-0.1, -0.05) is 0 Å². The molecule has 1 heterocycles. The molecule has 0 unspecified atom stereocenters. The molecule has 0 radical (unpaired) electrons.